The zero-order chi connectivity index (χ0) is 22.1. The van der Waals surface area contributed by atoms with Gasteiger partial charge < -0.3 is 4.74 Å². The van der Waals surface area contributed by atoms with Crippen LogP contribution in [0, 0.1) is 6.92 Å². The Morgan fingerprint density at radius 1 is 1.06 bits per heavy atom. The fourth-order valence-electron chi connectivity index (χ4n) is 3.84. The molecule has 4 aromatic heterocycles. The van der Waals surface area contributed by atoms with Crippen molar-refractivity contribution in [1.29, 1.82) is 0 Å². The zero-order valence-corrected chi connectivity index (χ0v) is 17.7. The van der Waals surface area contributed by atoms with Crippen molar-refractivity contribution in [3.05, 3.63) is 90.4 Å². The smallest absolute Gasteiger partial charge is 0.330 e. The molecule has 6 heteroatoms. The number of benzene rings is 1. The summed E-state index contributed by atoms with van der Waals surface area (Å²) in [6.45, 7) is 1.98. The molecule has 0 unspecified atom stereocenters. The molecular weight excluding hydrogens is 400 g/mol. The fourth-order valence-corrected chi connectivity index (χ4v) is 3.84. The maximum atomic E-state index is 11.4. The third kappa shape index (κ3) is 3.52. The average molecular weight is 420 g/mol. The van der Waals surface area contributed by atoms with Crippen LogP contribution in [0.15, 0.2) is 79.1 Å². The summed E-state index contributed by atoms with van der Waals surface area (Å²) < 4.78 is 6.56. The molecule has 0 fully saturated rings. The Morgan fingerprint density at radius 2 is 1.97 bits per heavy atom. The van der Waals surface area contributed by atoms with E-state index in [2.05, 4.69) is 15.8 Å². The van der Waals surface area contributed by atoms with Gasteiger partial charge in [0.1, 0.15) is 5.69 Å². The predicted molar refractivity (Wildman–Crippen MR) is 125 cm³/mol. The minimum atomic E-state index is -0.395. The van der Waals surface area contributed by atoms with Crippen molar-refractivity contribution in [3.8, 4) is 22.5 Å². The monoisotopic (exact) mass is 420 g/mol. The minimum absolute atomic E-state index is 0.395. The van der Waals surface area contributed by atoms with Crippen LogP contribution in [-0.2, 0) is 9.53 Å². The van der Waals surface area contributed by atoms with Crippen LogP contribution in [0.1, 0.15) is 11.3 Å². The lowest BCUT2D eigenvalue weighted by Gasteiger charge is -2.08. The maximum Gasteiger partial charge on any atom is 0.330 e. The van der Waals surface area contributed by atoms with Gasteiger partial charge in [0.05, 0.1) is 23.8 Å². The summed E-state index contributed by atoms with van der Waals surface area (Å²) in [5.74, 6) is -0.395. The Hall–Kier alpha value is -4.32. The molecule has 0 saturated carbocycles. The summed E-state index contributed by atoms with van der Waals surface area (Å²) in [4.78, 5) is 20.7. The number of carbonyl (C=O) groups excluding carboxylic acids is 1. The summed E-state index contributed by atoms with van der Waals surface area (Å²) in [5, 5.41) is 5.85. The van der Waals surface area contributed by atoms with Crippen LogP contribution in [0.25, 0.3) is 45.0 Å². The van der Waals surface area contributed by atoms with E-state index < -0.39 is 5.97 Å². The van der Waals surface area contributed by atoms with Crippen molar-refractivity contribution in [3.63, 3.8) is 0 Å². The summed E-state index contributed by atoms with van der Waals surface area (Å²) in [6, 6.07) is 19.9. The standard InChI is InChI=1S/C26H20N4O2/c1-17-6-5-7-21(28-17)26-25(23-8-3-4-15-30(23)29-26)20-13-14-27-22-16-18(9-11-19(20)22)10-12-24(31)32-2/h3-16H,1-2H3/b12-10+. The molecule has 5 aromatic rings. The molecule has 0 radical (unpaired) electrons. The molecule has 0 amide bonds. The van der Waals surface area contributed by atoms with Gasteiger partial charge in [0.25, 0.3) is 0 Å². The molecule has 4 heterocycles. The van der Waals surface area contributed by atoms with Crippen LogP contribution in [0.4, 0.5) is 0 Å². The van der Waals surface area contributed by atoms with Gasteiger partial charge in [0.15, 0.2) is 0 Å². The van der Waals surface area contributed by atoms with E-state index in [1.165, 1.54) is 13.2 Å². The first-order chi connectivity index (χ1) is 15.6. The van der Waals surface area contributed by atoms with Crippen LogP contribution in [0.5, 0.6) is 0 Å². The molecule has 32 heavy (non-hydrogen) atoms. The lowest BCUT2D eigenvalue weighted by atomic mass is 9.97. The van der Waals surface area contributed by atoms with Crippen LogP contribution in [0.2, 0.25) is 0 Å². The van der Waals surface area contributed by atoms with E-state index in [-0.39, 0.29) is 0 Å². The quantitative estimate of drug-likeness (QED) is 0.299. The molecule has 6 nitrogen and oxygen atoms in total. The predicted octanol–water partition coefficient (Wildman–Crippen LogP) is 5.11. The molecule has 156 valence electrons. The first-order valence-electron chi connectivity index (χ1n) is 10.2. The number of rotatable bonds is 4. The number of pyridine rings is 3. The molecule has 0 atom stereocenters. The minimum Gasteiger partial charge on any atom is -0.466 e. The number of esters is 1. The first kappa shape index (κ1) is 19.6. The molecular formula is C26H20N4O2. The van der Waals surface area contributed by atoms with Gasteiger partial charge in [-0.15, -0.1) is 0 Å². The maximum absolute atomic E-state index is 11.4. The number of nitrogens with zero attached hydrogens (tertiary/aromatic N) is 4. The average Bonchev–Trinajstić information content (AvgIpc) is 3.21. The Bertz CT molecular complexity index is 1500. The van der Waals surface area contributed by atoms with Gasteiger partial charge in [-0.3, -0.25) is 9.97 Å². The van der Waals surface area contributed by atoms with E-state index in [1.54, 1.807) is 12.3 Å². The molecule has 1 aromatic carbocycles. The van der Waals surface area contributed by atoms with Gasteiger partial charge in [0, 0.05) is 35.1 Å². The SMILES string of the molecule is COC(=O)/C=C/c1ccc2c(-c3c(-c4cccc(C)n4)nn4ccccc34)ccnc2c1. The summed E-state index contributed by atoms with van der Waals surface area (Å²) in [5.41, 5.74) is 7.31. The normalized spacial score (nSPS) is 11.4. The van der Waals surface area contributed by atoms with Crippen molar-refractivity contribution in [1.82, 2.24) is 19.6 Å². The number of aryl methyl sites for hydroxylation is 1. The number of methoxy groups -OCH3 is 1. The summed E-state index contributed by atoms with van der Waals surface area (Å²) in [6.07, 6.45) is 6.86. The number of hydrogen-bond donors (Lipinski definition) is 0. The number of ether oxygens (including phenoxy) is 1. The van der Waals surface area contributed by atoms with Crippen molar-refractivity contribution in [2.24, 2.45) is 0 Å². The van der Waals surface area contributed by atoms with Crippen molar-refractivity contribution >= 4 is 28.5 Å². The van der Waals surface area contributed by atoms with Crippen LogP contribution in [-0.4, -0.2) is 32.7 Å². The van der Waals surface area contributed by atoms with Crippen molar-refractivity contribution in [2.45, 2.75) is 6.92 Å². The van der Waals surface area contributed by atoms with Crippen LogP contribution in [0.3, 0.4) is 0 Å². The van der Waals surface area contributed by atoms with Crippen LogP contribution >= 0.6 is 0 Å². The first-order valence-corrected chi connectivity index (χ1v) is 10.2. The second-order valence-corrected chi connectivity index (χ2v) is 7.41. The number of carbonyl (C=O) groups is 1. The highest BCUT2D eigenvalue weighted by Crippen LogP contribution is 2.38. The van der Waals surface area contributed by atoms with E-state index >= 15 is 0 Å². The Labute approximate surface area is 184 Å². The Kier molecular flexibility index (Phi) is 4.95. The zero-order valence-electron chi connectivity index (χ0n) is 17.7. The second-order valence-electron chi connectivity index (χ2n) is 7.41. The summed E-state index contributed by atoms with van der Waals surface area (Å²) >= 11 is 0. The molecule has 0 N–H and O–H groups in total. The van der Waals surface area contributed by atoms with E-state index in [0.29, 0.717) is 0 Å². The van der Waals surface area contributed by atoms with Crippen LogP contribution < -0.4 is 0 Å². The molecule has 0 aliphatic heterocycles. The number of hydrogen-bond acceptors (Lipinski definition) is 5. The van der Waals surface area contributed by atoms with E-state index in [4.69, 9.17) is 10.1 Å². The van der Waals surface area contributed by atoms with Gasteiger partial charge in [0.2, 0.25) is 0 Å². The van der Waals surface area contributed by atoms with E-state index in [9.17, 15) is 4.79 Å². The highest BCUT2D eigenvalue weighted by molar-refractivity contribution is 6.03. The topological polar surface area (TPSA) is 69.4 Å². The third-order valence-corrected chi connectivity index (χ3v) is 5.32. The number of aromatic nitrogens is 4. The Balaban J connectivity index is 1.73. The lowest BCUT2D eigenvalue weighted by molar-refractivity contribution is -0.134. The van der Waals surface area contributed by atoms with Gasteiger partial charge in [-0.2, -0.15) is 5.10 Å². The summed E-state index contributed by atoms with van der Waals surface area (Å²) in [7, 11) is 1.36. The van der Waals surface area contributed by atoms with Crippen molar-refractivity contribution in [2.75, 3.05) is 7.11 Å². The number of fused-ring (bicyclic) bond motifs is 2. The van der Waals surface area contributed by atoms with Gasteiger partial charge in [-0.25, -0.2) is 9.31 Å². The lowest BCUT2D eigenvalue weighted by Crippen LogP contribution is -1.93. The Morgan fingerprint density at radius 3 is 2.81 bits per heavy atom. The fraction of sp³-hybridized carbons (Fsp3) is 0.0769. The second kappa shape index (κ2) is 8.07. The van der Waals surface area contributed by atoms with Gasteiger partial charge in [-0.1, -0.05) is 24.3 Å². The third-order valence-electron chi connectivity index (χ3n) is 5.32. The van der Waals surface area contributed by atoms with Gasteiger partial charge in [-0.05, 0) is 60.5 Å². The largest absolute Gasteiger partial charge is 0.466 e. The van der Waals surface area contributed by atoms with Gasteiger partial charge >= 0.3 is 5.97 Å². The van der Waals surface area contributed by atoms with Crippen molar-refractivity contribution < 1.29 is 9.53 Å². The molecule has 0 spiro atoms. The molecule has 0 saturated heterocycles. The highest BCUT2D eigenvalue weighted by Gasteiger charge is 2.19. The molecule has 0 bridgehead atoms. The molecule has 5 rings (SSSR count). The highest BCUT2D eigenvalue weighted by atomic mass is 16.5. The molecule has 0 aliphatic carbocycles. The molecule has 0 aliphatic rings. The van der Waals surface area contributed by atoms with E-state index in [1.807, 2.05) is 72.2 Å². The van der Waals surface area contributed by atoms with E-state index in [0.717, 1.165) is 50.2 Å².